The molecule has 1 aliphatic rings. The summed E-state index contributed by atoms with van der Waals surface area (Å²) in [6, 6.07) is 3.94. The molecule has 4 heterocycles. The van der Waals surface area contributed by atoms with Crippen molar-refractivity contribution in [3.8, 4) is 11.1 Å². The molecule has 0 aliphatic carbocycles. The summed E-state index contributed by atoms with van der Waals surface area (Å²) < 4.78 is 1.70. The van der Waals surface area contributed by atoms with Crippen LogP contribution >= 0.6 is 0 Å². The lowest BCUT2D eigenvalue weighted by atomic mass is 10.0. The largest absolute Gasteiger partial charge is 0.332 e. The van der Waals surface area contributed by atoms with Crippen LogP contribution in [0.5, 0.6) is 0 Å². The Bertz CT molecular complexity index is 869. The van der Waals surface area contributed by atoms with E-state index in [0.717, 1.165) is 41.8 Å². The topological polar surface area (TPSA) is 79.7 Å². The van der Waals surface area contributed by atoms with Gasteiger partial charge < -0.3 is 4.90 Å². The highest BCUT2D eigenvalue weighted by atomic mass is 16.2. The molecule has 128 valence electrons. The molecule has 0 spiro atoms. The van der Waals surface area contributed by atoms with Gasteiger partial charge >= 0.3 is 0 Å². The molecule has 0 radical (unpaired) electrons. The number of aromatic nitrogens is 5. The van der Waals surface area contributed by atoms with E-state index < -0.39 is 0 Å². The molecule has 7 heteroatoms. The Kier molecular flexibility index (Phi) is 4.05. The third-order valence-corrected chi connectivity index (χ3v) is 4.63. The van der Waals surface area contributed by atoms with Crippen LogP contribution in [0.15, 0.2) is 43.1 Å². The number of hydrogen-bond donors (Lipinski definition) is 1. The SMILES string of the molecule is Cc1cnn(CC(=O)N2CCC[C@H]2c2[nH]ncc2-c2ccncc2)c1. The van der Waals surface area contributed by atoms with Crippen LogP contribution in [-0.4, -0.2) is 42.3 Å². The Labute approximate surface area is 145 Å². The Morgan fingerprint density at radius 1 is 1.32 bits per heavy atom. The third kappa shape index (κ3) is 3.05. The first-order valence-electron chi connectivity index (χ1n) is 8.44. The van der Waals surface area contributed by atoms with Gasteiger partial charge in [-0.15, -0.1) is 0 Å². The maximum absolute atomic E-state index is 12.8. The van der Waals surface area contributed by atoms with E-state index in [1.54, 1.807) is 23.3 Å². The Hall–Kier alpha value is -2.96. The number of rotatable bonds is 4. The molecule has 1 saturated heterocycles. The molecule has 0 unspecified atom stereocenters. The first kappa shape index (κ1) is 15.6. The molecule has 1 aliphatic heterocycles. The minimum atomic E-state index is 0.0230. The lowest BCUT2D eigenvalue weighted by Crippen LogP contribution is -2.33. The molecule has 1 atom stereocenters. The van der Waals surface area contributed by atoms with Crippen molar-refractivity contribution < 1.29 is 4.79 Å². The smallest absolute Gasteiger partial charge is 0.244 e. The van der Waals surface area contributed by atoms with Gasteiger partial charge in [-0.1, -0.05) is 0 Å². The van der Waals surface area contributed by atoms with Crippen LogP contribution in [0.1, 0.15) is 30.1 Å². The molecule has 0 saturated carbocycles. The van der Waals surface area contributed by atoms with Crippen LogP contribution in [0, 0.1) is 6.92 Å². The van der Waals surface area contributed by atoms with Crippen molar-refractivity contribution in [2.75, 3.05) is 6.54 Å². The third-order valence-electron chi connectivity index (χ3n) is 4.63. The predicted octanol–water partition coefficient (Wildman–Crippen LogP) is 2.34. The Morgan fingerprint density at radius 3 is 2.92 bits per heavy atom. The van der Waals surface area contributed by atoms with Gasteiger partial charge in [0.1, 0.15) is 6.54 Å². The monoisotopic (exact) mass is 336 g/mol. The lowest BCUT2D eigenvalue weighted by Gasteiger charge is -2.24. The van der Waals surface area contributed by atoms with Crippen LogP contribution in [0.4, 0.5) is 0 Å². The van der Waals surface area contributed by atoms with Gasteiger partial charge in [0.15, 0.2) is 0 Å². The van der Waals surface area contributed by atoms with Crippen molar-refractivity contribution in [3.63, 3.8) is 0 Å². The second-order valence-electron chi connectivity index (χ2n) is 6.39. The molecule has 1 amide bonds. The summed E-state index contributed by atoms with van der Waals surface area (Å²) in [6.07, 6.45) is 10.9. The lowest BCUT2D eigenvalue weighted by molar-refractivity contribution is -0.133. The van der Waals surface area contributed by atoms with E-state index in [4.69, 9.17) is 0 Å². The maximum atomic E-state index is 12.8. The summed E-state index contributed by atoms with van der Waals surface area (Å²) in [4.78, 5) is 18.8. The van der Waals surface area contributed by atoms with Gasteiger partial charge in [-0.25, -0.2) is 0 Å². The van der Waals surface area contributed by atoms with E-state index in [-0.39, 0.29) is 18.5 Å². The van der Waals surface area contributed by atoms with Crippen LogP contribution in [-0.2, 0) is 11.3 Å². The molecular weight excluding hydrogens is 316 g/mol. The summed E-state index contributed by atoms with van der Waals surface area (Å²) in [5.41, 5.74) is 4.13. The van der Waals surface area contributed by atoms with Crippen molar-refractivity contribution in [1.29, 1.82) is 0 Å². The molecule has 25 heavy (non-hydrogen) atoms. The molecule has 7 nitrogen and oxygen atoms in total. The minimum Gasteiger partial charge on any atom is -0.332 e. The van der Waals surface area contributed by atoms with Gasteiger partial charge in [0, 0.05) is 30.7 Å². The summed E-state index contributed by atoms with van der Waals surface area (Å²) in [5.74, 6) is 0.0841. The molecule has 0 bridgehead atoms. The number of carbonyl (C=O) groups is 1. The highest BCUT2D eigenvalue weighted by molar-refractivity contribution is 5.77. The standard InChI is InChI=1S/C18H20N6O/c1-13-9-21-23(11-13)12-17(25)24-8-2-3-16(24)18-15(10-20-22-18)14-4-6-19-7-5-14/h4-7,9-11,16H,2-3,8,12H2,1H3,(H,20,22)/t16-/m0/s1. The van der Waals surface area contributed by atoms with Gasteiger partial charge in [0.25, 0.3) is 0 Å². The summed E-state index contributed by atoms with van der Waals surface area (Å²) in [7, 11) is 0. The zero-order chi connectivity index (χ0) is 17.2. The molecular formula is C18H20N6O. The highest BCUT2D eigenvalue weighted by Crippen LogP contribution is 2.36. The van der Waals surface area contributed by atoms with Gasteiger partial charge in [-0.05, 0) is 43.0 Å². The average Bonchev–Trinajstić information content (AvgIpc) is 3.35. The fraction of sp³-hybridized carbons (Fsp3) is 0.333. The molecule has 3 aromatic rings. The second kappa shape index (κ2) is 6.51. The number of aromatic amines is 1. The molecule has 1 N–H and O–H groups in total. The summed E-state index contributed by atoms with van der Waals surface area (Å²) in [6.45, 7) is 3.00. The van der Waals surface area contributed by atoms with E-state index >= 15 is 0 Å². The van der Waals surface area contributed by atoms with Gasteiger partial charge in [0.2, 0.25) is 5.91 Å². The summed E-state index contributed by atoms with van der Waals surface area (Å²) >= 11 is 0. The van der Waals surface area contributed by atoms with Crippen molar-refractivity contribution in [2.24, 2.45) is 0 Å². The van der Waals surface area contributed by atoms with E-state index in [0.29, 0.717) is 0 Å². The summed E-state index contributed by atoms with van der Waals surface area (Å²) in [5, 5.41) is 11.6. The fourth-order valence-electron chi connectivity index (χ4n) is 3.46. The molecule has 0 aromatic carbocycles. The highest BCUT2D eigenvalue weighted by Gasteiger charge is 2.32. The van der Waals surface area contributed by atoms with Crippen molar-refractivity contribution >= 4 is 5.91 Å². The number of carbonyl (C=O) groups excluding carboxylic acids is 1. The van der Waals surface area contributed by atoms with Crippen LogP contribution in [0.25, 0.3) is 11.1 Å². The quantitative estimate of drug-likeness (QED) is 0.793. The second-order valence-corrected chi connectivity index (χ2v) is 6.39. The molecule has 1 fully saturated rings. The van der Waals surface area contributed by atoms with E-state index in [2.05, 4.69) is 20.3 Å². The first-order valence-corrected chi connectivity index (χ1v) is 8.44. The Morgan fingerprint density at radius 2 is 2.16 bits per heavy atom. The van der Waals surface area contributed by atoms with Crippen LogP contribution in [0.2, 0.25) is 0 Å². The number of aryl methyl sites for hydroxylation is 1. The minimum absolute atomic E-state index is 0.0230. The normalized spacial score (nSPS) is 17.2. The first-order chi connectivity index (χ1) is 12.2. The van der Waals surface area contributed by atoms with Crippen LogP contribution in [0.3, 0.4) is 0 Å². The van der Waals surface area contributed by atoms with E-state index in [1.807, 2.05) is 36.4 Å². The number of amides is 1. The van der Waals surface area contributed by atoms with E-state index in [9.17, 15) is 4.79 Å². The zero-order valence-corrected chi connectivity index (χ0v) is 14.1. The molecule has 4 rings (SSSR count). The van der Waals surface area contributed by atoms with Crippen LogP contribution < -0.4 is 0 Å². The average molecular weight is 336 g/mol. The maximum Gasteiger partial charge on any atom is 0.244 e. The fourth-order valence-corrected chi connectivity index (χ4v) is 3.46. The van der Waals surface area contributed by atoms with Gasteiger partial charge in [0.05, 0.1) is 24.1 Å². The van der Waals surface area contributed by atoms with Crippen molar-refractivity contribution in [3.05, 3.63) is 54.4 Å². The van der Waals surface area contributed by atoms with Gasteiger partial charge in [-0.2, -0.15) is 10.2 Å². The zero-order valence-electron chi connectivity index (χ0n) is 14.1. The number of nitrogens with one attached hydrogen (secondary N) is 1. The number of nitrogens with zero attached hydrogens (tertiary/aromatic N) is 5. The van der Waals surface area contributed by atoms with Gasteiger partial charge in [-0.3, -0.25) is 19.6 Å². The number of H-pyrrole nitrogens is 1. The Balaban J connectivity index is 1.58. The molecule has 3 aromatic heterocycles. The number of hydrogen-bond acceptors (Lipinski definition) is 4. The number of pyridine rings is 1. The number of likely N-dealkylation sites (tertiary alicyclic amines) is 1. The predicted molar refractivity (Wildman–Crippen MR) is 92.5 cm³/mol. The van der Waals surface area contributed by atoms with Crippen molar-refractivity contribution in [2.45, 2.75) is 32.4 Å². The van der Waals surface area contributed by atoms with Crippen molar-refractivity contribution in [1.82, 2.24) is 29.9 Å². The van der Waals surface area contributed by atoms with E-state index in [1.165, 1.54) is 0 Å².